The Hall–Kier alpha value is -4.05. The van der Waals surface area contributed by atoms with E-state index >= 15 is 0 Å². The molecule has 0 fully saturated rings. The lowest BCUT2D eigenvalue weighted by Crippen LogP contribution is -2.13. The average molecular weight is 388 g/mol. The Kier molecular flexibility index (Phi) is 6.63. The zero-order valence-corrected chi connectivity index (χ0v) is 15.9. The molecule has 1 heterocycles. The maximum atomic E-state index is 12.4. The molecule has 29 heavy (non-hydrogen) atoms. The topological polar surface area (TPSA) is 96.3 Å². The standard InChI is InChI=1S/C22H20N4O3/c1-28-19-10-8-16(9-11-19)22(27)26-17-4-2-6-20(14-17)29-13-12-24-21-7-3-5-18(15-23)25-21/h2-11,14H,12-13H2,1H3,(H,24,25)(H,26,27). The van der Waals surface area contributed by atoms with Crippen LogP contribution in [0.15, 0.2) is 66.7 Å². The number of nitrogens with one attached hydrogen (secondary N) is 2. The van der Waals surface area contributed by atoms with E-state index < -0.39 is 0 Å². The molecular weight excluding hydrogens is 368 g/mol. The van der Waals surface area contributed by atoms with Crippen LogP contribution in [0.25, 0.3) is 0 Å². The Labute approximate surface area is 168 Å². The molecule has 0 spiro atoms. The number of pyridine rings is 1. The van der Waals surface area contributed by atoms with Crippen molar-refractivity contribution in [2.24, 2.45) is 0 Å². The summed E-state index contributed by atoms with van der Waals surface area (Å²) in [6.45, 7) is 0.915. The van der Waals surface area contributed by atoms with Gasteiger partial charge in [0.1, 0.15) is 35.7 Å². The number of methoxy groups -OCH3 is 1. The van der Waals surface area contributed by atoms with Gasteiger partial charge in [-0.2, -0.15) is 5.26 Å². The lowest BCUT2D eigenvalue weighted by molar-refractivity contribution is 0.102. The fraction of sp³-hybridized carbons (Fsp3) is 0.136. The van der Waals surface area contributed by atoms with Gasteiger partial charge in [0, 0.05) is 17.3 Å². The molecule has 7 heteroatoms. The van der Waals surface area contributed by atoms with Crippen LogP contribution in [0, 0.1) is 11.3 Å². The number of anilines is 2. The Morgan fingerprint density at radius 2 is 1.86 bits per heavy atom. The number of nitriles is 1. The second-order valence-electron chi connectivity index (χ2n) is 6.01. The predicted molar refractivity (Wildman–Crippen MR) is 110 cm³/mol. The van der Waals surface area contributed by atoms with E-state index in [0.29, 0.717) is 47.4 Å². The minimum absolute atomic E-state index is 0.213. The monoisotopic (exact) mass is 388 g/mol. The van der Waals surface area contributed by atoms with Gasteiger partial charge in [-0.15, -0.1) is 0 Å². The van der Waals surface area contributed by atoms with Gasteiger partial charge in [0.05, 0.1) is 13.7 Å². The van der Waals surface area contributed by atoms with Crippen LogP contribution in [-0.4, -0.2) is 31.2 Å². The van der Waals surface area contributed by atoms with Crippen molar-refractivity contribution in [2.75, 3.05) is 30.9 Å². The summed E-state index contributed by atoms with van der Waals surface area (Å²) >= 11 is 0. The molecule has 7 nitrogen and oxygen atoms in total. The van der Waals surface area contributed by atoms with Crippen molar-refractivity contribution in [1.82, 2.24) is 4.98 Å². The predicted octanol–water partition coefficient (Wildman–Crippen LogP) is 3.71. The number of carbonyl (C=O) groups excluding carboxylic acids is 1. The summed E-state index contributed by atoms with van der Waals surface area (Å²) in [6, 6.07) is 21.3. The average Bonchev–Trinajstić information content (AvgIpc) is 2.77. The second-order valence-corrected chi connectivity index (χ2v) is 6.01. The number of hydrogen-bond acceptors (Lipinski definition) is 6. The number of rotatable bonds is 8. The van der Waals surface area contributed by atoms with E-state index in [-0.39, 0.29) is 5.91 Å². The van der Waals surface area contributed by atoms with E-state index in [0.717, 1.165) is 0 Å². The van der Waals surface area contributed by atoms with Crippen molar-refractivity contribution in [3.05, 3.63) is 78.0 Å². The molecule has 3 rings (SSSR count). The first-order valence-electron chi connectivity index (χ1n) is 8.97. The second kappa shape index (κ2) is 9.76. The van der Waals surface area contributed by atoms with Gasteiger partial charge >= 0.3 is 0 Å². The maximum absolute atomic E-state index is 12.4. The Bertz CT molecular complexity index is 1010. The number of benzene rings is 2. The highest BCUT2D eigenvalue weighted by atomic mass is 16.5. The molecule has 0 unspecified atom stereocenters. The molecule has 0 saturated heterocycles. The van der Waals surface area contributed by atoms with Crippen molar-refractivity contribution >= 4 is 17.4 Å². The number of amides is 1. The van der Waals surface area contributed by atoms with Crippen molar-refractivity contribution in [3.63, 3.8) is 0 Å². The van der Waals surface area contributed by atoms with E-state index in [9.17, 15) is 4.79 Å². The van der Waals surface area contributed by atoms with E-state index in [1.165, 1.54) is 0 Å². The number of nitrogens with zero attached hydrogens (tertiary/aromatic N) is 2. The minimum atomic E-state index is -0.213. The van der Waals surface area contributed by atoms with Gasteiger partial charge < -0.3 is 20.1 Å². The summed E-state index contributed by atoms with van der Waals surface area (Å²) in [6.07, 6.45) is 0. The van der Waals surface area contributed by atoms with Gasteiger partial charge in [0.2, 0.25) is 0 Å². The van der Waals surface area contributed by atoms with Crippen molar-refractivity contribution < 1.29 is 14.3 Å². The minimum Gasteiger partial charge on any atom is -0.497 e. The SMILES string of the molecule is COc1ccc(C(=O)Nc2cccc(OCCNc3cccc(C#N)n3)c2)cc1. The molecule has 3 aromatic rings. The molecule has 0 bridgehead atoms. The molecule has 0 aliphatic heterocycles. The smallest absolute Gasteiger partial charge is 0.255 e. The van der Waals surface area contributed by atoms with Crippen molar-refractivity contribution in [2.45, 2.75) is 0 Å². The normalized spacial score (nSPS) is 9.93. The van der Waals surface area contributed by atoms with E-state index in [1.807, 2.05) is 18.2 Å². The molecule has 146 valence electrons. The highest BCUT2D eigenvalue weighted by molar-refractivity contribution is 6.04. The fourth-order valence-corrected chi connectivity index (χ4v) is 2.55. The van der Waals surface area contributed by atoms with Gasteiger partial charge in [-0.05, 0) is 48.5 Å². The Morgan fingerprint density at radius 1 is 1.07 bits per heavy atom. The van der Waals surface area contributed by atoms with Crippen LogP contribution in [0.2, 0.25) is 0 Å². The molecule has 0 aliphatic carbocycles. The molecule has 1 aromatic heterocycles. The summed E-state index contributed by atoms with van der Waals surface area (Å²) in [5.74, 6) is 1.74. The van der Waals surface area contributed by atoms with Gasteiger partial charge in [-0.1, -0.05) is 12.1 Å². The van der Waals surface area contributed by atoms with Crippen molar-refractivity contribution in [1.29, 1.82) is 5.26 Å². The first kappa shape index (κ1) is 19.7. The van der Waals surface area contributed by atoms with Crippen LogP contribution in [0.4, 0.5) is 11.5 Å². The van der Waals surface area contributed by atoms with E-state index in [1.54, 1.807) is 61.7 Å². The van der Waals surface area contributed by atoms with E-state index in [2.05, 4.69) is 15.6 Å². The van der Waals surface area contributed by atoms with Crippen LogP contribution >= 0.6 is 0 Å². The fourth-order valence-electron chi connectivity index (χ4n) is 2.55. The van der Waals surface area contributed by atoms with Gasteiger partial charge in [0.25, 0.3) is 5.91 Å². The number of ether oxygens (including phenoxy) is 2. The zero-order valence-electron chi connectivity index (χ0n) is 15.9. The van der Waals surface area contributed by atoms with Crippen LogP contribution in [0.3, 0.4) is 0 Å². The number of carbonyl (C=O) groups is 1. The third-order valence-corrected chi connectivity index (χ3v) is 3.98. The maximum Gasteiger partial charge on any atom is 0.255 e. The molecule has 1 amide bonds. The number of aromatic nitrogens is 1. The molecule has 2 aromatic carbocycles. The Balaban J connectivity index is 1.51. The summed E-state index contributed by atoms with van der Waals surface area (Å²) in [5, 5.41) is 14.8. The van der Waals surface area contributed by atoms with Crippen LogP contribution in [0.5, 0.6) is 11.5 Å². The third kappa shape index (κ3) is 5.71. The highest BCUT2D eigenvalue weighted by Crippen LogP contribution is 2.19. The summed E-state index contributed by atoms with van der Waals surface area (Å²) in [5.41, 5.74) is 1.53. The lowest BCUT2D eigenvalue weighted by atomic mass is 10.2. The van der Waals surface area contributed by atoms with Crippen molar-refractivity contribution in [3.8, 4) is 17.6 Å². The molecule has 0 radical (unpaired) electrons. The quantitative estimate of drug-likeness (QED) is 0.571. The molecule has 0 aliphatic rings. The molecule has 0 saturated carbocycles. The Morgan fingerprint density at radius 3 is 2.62 bits per heavy atom. The van der Waals surface area contributed by atoms with Crippen LogP contribution < -0.4 is 20.1 Å². The lowest BCUT2D eigenvalue weighted by Gasteiger charge is -2.10. The summed E-state index contributed by atoms with van der Waals surface area (Å²) < 4.78 is 10.8. The molecular formula is C22H20N4O3. The summed E-state index contributed by atoms with van der Waals surface area (Å²) in [4.78, 5) is 16.5. The number of hydrogen-bond donors (Lipinski definition) is 2. The van der Waals surface area contributed by atoms with E-state index in [4.69, 9.17) is 14.7 Å². The summed E-state index contributed by atoms with van der Waals surface area (Å²) in [7, 11) is 1.58. The third-order valence-electron chi connectivity index (χ3n) is 3.98. The molecule has 2 N–H and O–H groups in total. The first-order valence-corrected chi connectivity index (χ1v) is 8.97. The highest BCUT2D eigenvalue weighted by Gasteiger charge is 2.07. The first-order chi connectivity index (χ1) is 14.2. The zero-order chi connectivity index (χ0) is 20.5. The molecule has 0 atom stereocenters. The largest absolute Gasteiger partial charge is 0.497 e. The van der Waals surface area contributed by atoms with Gasteiger partial charge in [-0.25, -0.2) is 4.98 Å². The van der Waals surface area contributed by atoms with Gasteiger partial charge in [-0.3, -0.25) is 4.79 Å². The van der Waals surface area contributed by atoms with Gasteiger partial charge in [0.15, 0.2) is 0 Å². The van der Waals surface area contributed by atoms with Crippen LogP contribution in [-0.2, 0) is 0 Å². The van der Waals surface area contributed by atoms with Crippen LogP contribution in [0.1, 0.15) is 16.1 Å².